The number of benzene rings is 1. The average molecular weight is 348 g/mol. The van der Waals surface area contributed by atoms with Crippen molar-refractivity contribution in [3.63, 3.8) is 0 Å². The minimum Gasteiger partial charge on any atom is -0.491 e. The number of ether oxygens (including phenoxy) is 5. The van der Waals surface area contributed by atoms with Gasteiger partial charge < -0.3 is 23.7 Å². The maximum atomic E-state index is 13.6. The minimum atomic E-state index is -0.588. The van der Waals surface area contributed by atoms with E-state index in [1.807, 2.05) is 0 Å². The van der Waals surface area contributed by atoms with Crippen LogP contribution in [-0.2, 0) is 25.4 Å². The molecule has 0 amide bonds. The first-order valence-electron chi connectivity index (χ1n) is 8.02. The van der Waals surface area contributed by atoms with Crippen molar-refractivity contribution in [1.82, 2.24) is 0 Å². The van der Waals surface area contributed by atoms with E-state index in [9.17, 15) is 8.78 Å². The van der Waals surface area contributed by atoms with Crippen LogP contribution in [0.1, 0.15) is 12.5 Å². The Hall–Kier alpha value is -1.28. The summed E-state index contributed by atoms with van der Waals surface area (Å²) in [6.45, 7) is 5.21. The Labute approximate surface area is 141 Å². The lowest BCUT2D eigenvalue weighted by atomic mass is 10.1. The van der Waals surface area contributed by atoms with Crippen molar-refractivity contribution in [2.24, 2.45) is 0 Å². The van der Waals surface area contributed by atoms with Gasteiger partial charge in [0, 0.05) is 24.8 Å². The van der Waals surface area contributed by atoms with Gasteiger partial charge in [-0.15, -0.1) is 0 Å². The third-order valence-corrected chi connectivity index (χ3v) is 3.14. The van der Waals surface area contributed by atoms with Crippen molar-refractivity contribution in [2.75, 3.05) is 60.0 Å². The van der Waals surface area contributed by atoms with Crippen molar-refractivity contribution in [3.05, 3.63) is 29.3 Å². The second-order valence-electron chi connectivity index (χ2n) is 4.90. The van der Waals surface area contributed by atoms with E-state index in [2.05, 4.69) is 0 Å². The molecule has 0 aromatic heterocycles. The van der Waals surface area contributed by atoms with Gasteiger partial charge in [0.2, 0.25) is 0 Å². The first-order valence-corrected chi connectivity index (χ1v) is 8.02. The number of hydrogen-bond donors (Lipinski definition) is 0. The van der Waals surface area contributed by atoms with Crippen LogP contribution >= 0.6 is 0 Å². The van der Waals surface area contributed by atoms with Crippen LogP contribution in [0.15, 0.2) is 12.1 Å². The summed E-state index contributed by atoms with van der Waals surface area (Å²) in [5.41, 5.74) is 0.0712. The summed E-state index contributed by atoms with van der Waals surface area (Å²) in [7, 11) is 1.62. The molecule has 0 fully saturated rings. The van der Waals surface area contributed by atoms with E-state index in [1.165, 1.54) is 12.1 Å². The Morgan fingerprint density at radius 3 is 1.67 bits per heavy atom. The fourth-order valence-electron chi connectivity index (χ4n) is 1.90. The van der Waals surface area contributed by atoms with E-state index < -0.39 is 11.6 Å². The Bertz CT molecular complexity index is 434. The molecule has 138 valence electrons. The van der Waals surface area contributed by atoms with E-state index >= 15 is 0 Å². The highest BCUT2D eigenvalue weighted by Gasteiger charge is 2.09. The van der Waals surface area contributed by atoms with Gasteiger partial charge in [-0.2, -0.15) is 0 Å². The average Bonchev–Trinajstić information content (AvgIpc) is 2.55. The van der Waals surface area contributed by atoms with Gasteiger partial charge in [0.05, 0.1) is 46.2 Å². The Balaban J connectivity index is 2.01. The lowest BCUT2D eigenvalue weighted by molar-refractivity contribution is 0.000143. The largest absolute Gasteiger partial charge is 0.491 e. The van der Waals surface area contributed by atoms with Crippen LogP contribution in [0.25, 0.3) is 0 Å². The van der Waals surface area contributed by atoms with Crippen LogP contribution in [0, 0.1) is 11.6 Å². The maximum absolute atomic E-state index is 13.6. The zero-order valence-corrected chi connectivity index (χ0v) is 14.3. The van der Waals surface area contributed by atoms with E-state index in [1.54, 1.807) is 14.0 Å². The summed E-state index contributed by atoms with van der Waals surface area (Å²) in [4.78, 5) is 0. The number of methoxy groups -OCH3 is 1. The highest BCUT2D eigenvalue weighted by atomic mass is 19.1. The molecule has 24 heavy (non-hydrogen) atoms. The van der Waals surface area contributed by atoms with Crippen LogP contribution in [0.3, 0.4) is 0 Å². The predicted octanol–water partition coefficient (Wildman–Crippen LogP) is 2.60. The smallest absolute Gasteiger partial charge is 0.132 e. The topological polar surface area (TPSA) is 46.2 Å². The van der Waals surface area contributed by atoms with Crippen LogP contribution in [0.5, 0.6) is 5.75 Å². The molecule has 0 heterocycles. The zero-order chi connectivity index (χ0) is 17.6. The summed E-state index contributed by atoms with van der Waals surface area (Å²) in [5, 5.41) is 0. The summed E-state index contributed by atoms with van der Waals surface area (Å²) < 4.78 is 53.1. The number of hydrogen-bond acceptors (Lipinski definition) is 5. The molecule has 0 radical (unpaired) electrons. The first kappa shape index (κ1) is 20.8. The second-order valence-corrected chi connectivity index (χ2v) is 4.90. The molecule has 1 aromatic carbocycles. The monoisotopic (exact) mass is 348 g/mol. The summed E-state index contributed by atoms with van der Waals surface area (Å²) >= 11 is 0. The molecule has 7 heteroatoms. The van der Waals surface area contributed by atoms with Gasteiger partial charge in [0.1, 0.15) is 24.0 Å². The molecule has 0 atom stereocenters. The van der Waals surface area contributed by atoms with Gasteiger partial charge in [0.25, 0.3) is 0 Å². The molecule has 0 saturated carbocycles. The fourth-order valence-corrected chi connectivity index (χ4v) is 1.90. The Morgan fingerprint density at radius 1 is 0.750 bits per heavy atom. The van der Waals surface area contributed by atoms with Crippen molar-refractivity contribution < 1.29 is 32.5 Å². The van der Waals surface area contributed by atoms with Crippen LogP contribution in [0.2, 0.25) is 0 Å². The quantitative estimate of drug-likeness (QED) is 0.484. The lowest BCUT2D eigenvalue weighted by Crippen LogP contribution is -2.13. The lowest BCUT2D eigenvalue weighted by Gasteiger charge is -2.10. The summed E-state index contributed by atoms with van der Waals surface area (Å²) in [5.74, 6) is -1.01. The molecule has 0 spiro atoms. The molecule has 1 rings (SSSR count). The number of halogens is 2. The zero-order valence-electron chi connectivity index (χ0n) is 14.3. The fraction of sp³-hybridized carbons (Fsp3) is 0.647. The van der Waals surface area contributed by atoms with Gasteiger partial charge in [-0.05, 0) is 6.42 Å². The molecule has 5 nitrogen and oxygen atoms in total. The standard InChI is InChI=1S/C17H26F2O5/c1-3-15-16(18)12-14(13-17(15)19)24-11-10-23-9-8-22-7-6-21-5-4-20-2/h12-13H,3-11H2,1-2H3. The van der Waals surface area contributed by atoms with Crippen LogP contribution in [-0.4, -0.2) is 60.0 Å². The minimum absolute atomic E-state index is 0.0712. The van der Waals surface area contributed by atoms with E-state index in [-0.39, 0.29) is 17.9 Å². The second kappa shape index (κ2) is 13.1. The molecule has 0 bridgehead atoms. The highest BCUT2D eigenvalue weighted by molar-refractivity contribution is 5.30. The van der Waals surface area contributed by atoms with Gasteiger partial charge in [-0.3, -0.25) is 0 Å². The van der Waals surface area contributed by atoms with Gasteiger partial charge in [-0.25, -0.2) is 8.78 Å². The van der Waals surface area contributed by atoms with E-state index in [4.69, 9.17) is 23.7 Å². The van der Waals surface area contributed by atoms with Crippen LogP contribution in [0.4, 0.5) is 8.78 Å². The molecule has 1 aromatic rings. The first-order chi connectivity index (χ1) is 11.7. The van der Waals surface area contributed by atoms with Crippen molar-refractivity contribution in [3.8, 4) is 5.75 Å². The molecular weight excluding hydrogens is 322 g/mol. The SMILES string of the molecule is CCc1c(F)cc(OCCOCCOCCOCCOC)cc1F. The summed E-state index contributed by atoms with van der Waals surface area (Å²) in [6, 6.07) is 2.38. The van der Waals surface area contributed by atoms with E-state index in [0.29, 0.717) is 52.7 Å². The number of rotatable bonds is 14. The molecule has 0 unspecified atom stereocenters. The Kier molecular flexibility index (Phi) is 11.3. The molecular formula is C17H26F2O5. The van der Waals surface area contributed by atoms with E-state index in [0.717, 1.165) is 0 Å². The van der Waals surface area contributed by atoms with Crippen molar-refractivity contribution in [2.45, 2.75) is 13.3 Å². The normalized spacial score (nSPS) is 11.0. The summed E-state index contributed by atoms with van der Waals surface area (Å²) in [6.07, 6.45) is 0.304. The molecule has 0 aliphatic rings. The van der Waals surface area contributed by atoms with Gasteiger partial charge in [-0.1, -0.05) is 6.92 Å². The third kappa shape index (κ3) is 8.54. The molecule has 0 saturated heterocycles. The Morgan fingerprint density at radius 2 is 1.21 bits per heavy atom. The molecule has 0 aliphatic carbocycles. The third-order valence-electron chi connectivity index (χ3n) is 3.14. The van der Waals surface area contributed by atoms with Gasteiger partial charge in [0.15, 0.2) is 0 Å². The maximum Gasteiger partial charge on any atom is 0.132 e. The van der Waals surface area contributed by atoms with Gasteiger partial charge >= 0.3 is 0 Å². The van der Waals surface area contributed by atoms with Crippen molar-refractivity contribution >= 4 is 0 Å². The molecule has 0 aliphatic heterocycles. The van der Waals surface area contributed by atoms with Crippen molar-refractivity contribution in [1.29, 1.82) is 0 Å². The highest BCUT2D eigenvalue weighted by Crippen LogP contribution is 2.21. The molecule has 0 N–H and O–H groups in total. The predicted molar refractivity (Wildman–Crippen MR) is 85.6 cm³/mol. The van der Waals surface area contributed by atoms with Crippen LogP contribution < -0.4 is 4.74 Å².